The third kappa shape index (κ3) is 3.71. The van der Waals surface area contributed by atoms with Crippen molar-refractivity contribution in [2.24, 2.45) is 5.92 Å². The van der Waals surface area contributed by atoms with Gasteiger partial charge in [0, 0.05) is 16.7 Å². The Balaban J connectivity index is 2.27. The normalized spacial score (nSPS) is 12.2. The van der Waals surface area contributed by atoms with E-state index in [1.807, 2.05) is 13.8 Å². The molecule has 2 rings (SSSR count). The molecule has 116 valence electrons. The van der Waals surface area contributed by atoms with E-state index >= 15 is 0 Å². The van der Waals surface area contributed by atoms with Gasteiger partial charge in [0.05, 0.1) is 6.04 Å². The predicted molar refractivity (Wildman–Crippen MR) is 81.3 cm³/mol. The number of rotatable bonds is 4. The third-order valence-corrected chi connectivity index (χ3v) is 3.40. The van der Waals surface area contributed by atoms with Crippen molar-refractivity contribution < 1.29 is 9.18 Å². The standard InChI is InChI=1S/C15H15ClFN3O2/c1-8(2)14(10-4-3-9(16)7-11(10)17)18-15(22)12-5-6-13(21)20-19-12/h3-8,14H,1-2H3,(H,18,22)(H,20,21)/t14-/m0/s1. The van der Waals surface area contributed by atoms with Gasteiger partial charge in [-0.2, -0.15) is 5.10 Å². The molecule has 0 saturated carbocycles. The molecule has 0 bridgehead atoms. The molecule has 0 radical (unpaired) electrons. The summed E-state index contributed by atoms with van der Waals surface area (Å²) in [6.07, 6.45) is 0. The summed E-state index contributed by atoms with van der Waals surface area (Å²) in [5.41, 5.74) is -0.00231. The second-order valence-corrected chi connectivity index (χ2v) is 5.60. The highest BCUT2D eigenvalue weighted by molar-refractivity contribution is 6.30. The summed E-state index contributed by atoms with van der Waals surface area (Å²) < 4.78 is 14.1. The van der Waals surface area contributed by atoms with Gasteiger partial charge in [-0.05, 0) is 24.1 Å². The molecule has 0 fully saturated rings. The molecule has 0 spiro atoms. The Morgan fingerprint density at radius 1 is 1.32 bits per heavy atom. The van der Waals surface area contributed by atoms with Crippen LogP contribution in [-0.4, -0.2) is 16.1 Å². The lowest BCUT2D eigenvalue weighted by Crippen LogP contribution is -2.33. The van der Waals surface area contributed by atoms with Gasteiger partial charge in [-0.15, -0.1) is 0 Å². The van der Waals surface area contributed by atoms with Gasteiger partial charge >= 0.3 is 0 Å². The summed E-state index contributed by atoms with van der Waals surface area (Å²) in [6.45, 7) is 3.72. The van der Waals surface area contributed by atoms with E-state index in [0.29, 0.717) is 5.56 Å². The largest absolute Gasteiger partial charge is 0.343 e. The smallest absolute Gasteiger partial charge is 0.272 e. The van der Waals surface area contributed by atoms with Gasteiger partial charge in [0.1, 0.15) is 11.5 Å². The number of halogens is 2. The topological polar surface area (TPSA) is 74.8 Å². The molecule has 1 heterocycles. The van der Waals surface area contributed by atoms with Crippen LogP contribution in [-0.2, 0) is 0 Å². The predicted octanol–water partition coefficient (Wildman–Crippen LogP) is 2.69. The molecule has 1 aromatic heterocycles. The number of nitrogens with zero attached hydrogens (tertiary/aromatic N) is 1. The molecule has 0 aliphatic heterocycles. The van der Waals surface area contributed by atoms with Crippen LogP contribution in [0.4, 0.5) is 4.39 Å². The van der Waals surface area contributed by atoms with E-state index in [4.69, 9.17) is 11.6 Å². The Labute approximate surface area is 131 Å². The third-order valence-electron chi connectivity index (χ3n) is 3.16. The summed E-state index contributed by atoms with van der Waals surface area (Å²) >= 11 is 5.75. The molecule has 0 saturated heterocycles. The molecular formula is C15H15ClFN3O2. The van der Waals surface area contributed by atoms with Crippen molar-refractivity contribution in [2.45, 2.75) is 19.9 Å². The molecule has 5 nitrogen and oxygen atoms in total. The first kappa shape index (κ1) is 16.2. The molecular weight excluding hydrogens is 309 g/mol. The first-order valence-corrected chi connectivity index (χ1v) is 7.08. The summed E-state index contributed by atoms with van der Waals surface area (Å²) in [5.74, 6) is -1.03. The Morgan fingerprint density at radius 3 is 2.59 bits per heavy atom. The average molecular weight is 324 g/mol. The summed E-state index contributed by atoms with van der Waals surface area (Å²) in [6, 6.07) is 6.29. The molecule has 2 N–H and O–H groups in total. The van der Waals surface area contributed by atoms with Gasteiger partial charge in [0.15, 0.2) is 0 Å². The first-order chi connectivity index (χ1) is 10.4. The number of nitrogens with one attached hydrogen (secondary N) is 2. The van der Waals surface area contributed by atoms with Crippen LogP contribution >= 0.6 is 11.6 Å². The SMILES string of the molecule is CC(C)[C@H](NC(=O)c1ccc(=O)[nH]n1)c1ccc(Cl)cc1F. The van der Waals surface area contributed by atoms with E-state index in [2.05, 4.69) is 15.5 Å². The van der Waals surface area contributed by atoms with Crippen LogP contribution in [0.25, 0.3) is 0 Å². The number of H-pyrrole nitrogens is 1. The zero-order valence-electron chi connectivity index (χ0n) is 12.1. The number of carbonyl (C=O) groups excluding carboxylic acids is 1. The van der Waals surface area contributed by atoms with Gasteiger partial charge in [-0.25, -0.2) is 9.49 Å². The van der Waals surface area contributed by atoms with Crippen molar-refractivity contribution in [3.63, 3.8) is 0 Å². The van der Waals surface area contributed by atoms with E-state index in [1.54, 1.807) is 12.1 Å². The number of hydrogen-bond acceptors (Lipinski definition) is 3. The van der Waals surface area contributed by atoms with E-state index in [1.165, 1.54) is 18.2 Å². The van der Waals surface area contributed by atoms with Crippen LogP contribution in [0.1, 0.15) is 35.9 Å². The van der Waals surface area contributed by atoms with Crippen LogP contribution in [0.5, 0.6) is 0 Å². The second kappa shape index (κ2) is 6.70. The van der Waals surface area contributed by atoms with Crippen LogP contribution in [0.15, 0.2) is 35.1 Å². The van der Waals surface area contributed by atoms with Crippen molar-refractivity contribution in [3.05, 3.63) is 62.8 Å². The Morgan fingerprint density at radius 2 is 2.05 bits per heavy atom. The maximum atomic E-state index is 14.1. The Kier molecular flexibility index (Phi) is 4.92. The molecule has 1 atom stereocenters. The van der Waals surface area contributed by atoms with Gasteiger partial charge < -0.3 is 5.32 Å². The number of hydrogen-bond donors (Lipinski definition) is 2. The summed E-state index contributed by atoms with van der Waals surface area (Å²) in [7, 11) is 0. The van der Waals surface area contributed by atoms with Gasteiger partial charge in [-0.3, -0.25) is 9.59 Å². The van der Waals surface area contributed by atoms with Crippen LogP contribution in [0, 0.1) is 11.7 Å². The monoisotopic (exact) mass is 323 g/mol. The first-order valence-electron chi connectivity index (χ1n) is 6.70. The van der Waals surface area contributed by atoms with E-state index in [0.717, 1.165) is 0 Å². The molecule has 7 heteroatoms. The molecule has 1 aromatic carbocycles. The number of carbonyl (C=O) groups is 1. The number of aromatic nitrogens is 2. The molecule has 1 amide bonds. The van der Waals surface area contributed by atoms with Gasteiger partial charge in [0.2, 0.25) is 0 Å². The summed E-state index contributed by atoms with van der Waals surface area (Å²) in [4.78, 5) is 23.1. The lowest BCUT2D eigenvalue weighted by molar-refractivity contribution is 0.0918. The lowest BCUT2D eigenvalue weighted by Gasteiger charge is -2.23. The molecule has 0 aliphatic carbocycles. The van der Waals surface area contributed by atoms with Crippen molar-refractivity contribution in [2.75, 3.05) is 0 Å². The minimum absolute atomic E-state index is 0.0533. The van der Waals surface area contributed by atoms with E-state index < -0.39 is 23.3 Å². The molecule has 2 aromatic rings. The van der Waals surface area contributed by atoms with Crippen molar-refractivity contribution in [3.8, 4) is 0 Å². The van der Waals surface area contributed by atoms with E-state index in [9.17, 15) is 14.0 Å². The Bertz CT molecular complexity index is 725. The van der Waals surface area contributed by atoms with Crippen molar-refractivity contribution in [1.82, 2.24) is 15.5 Å². The number of benzene rings is 1. The minimum atomic E-state index is -0.543. The fourth-order valence-electron chi connectivity index (χ4n) is 2.04. The van der Waals surface area contributed by atoms with Crippen molar-refractivity contribution >= 4 is 17.5 Å². The number of amides is 1. The second-order valence-electron chi connectivity index (χ2n) is 5.17. The molecule has 0 aliphatic rings. The maximum Gasteiger partial charge on any atom is 0.272 e. The summed E-state index contributed by atoms with van der Waals surface area (Å²) in [5, 5.41) is 8.85. The molecule has 0 unspecified atom stereocenters. The van der Waals surface area contributed by atoms with Crippen LogP contribution in [0.3, 0.4) is 0 Å². The quantitative estimate of drug-likeness (QED) is 0.908. The minimum Gasteiger partial charge on any atom is -0.343 e. The van der Waals surface area contributed by atoms with E-state index in [-0.39, 0.29) is 16.6 Å². The Hall–Kier alpha value is -2.21. The fourth-order valence-corrected chi connectivity index (χ4v) is 2.20. The zero-order chi connectivity index (χ0) is 16.3. The van der Waals surface area contributed by atoms with Crippen LogP contribution in [0.2, 0.25) is 5.02 Å². The molecule has 22 heavy (non-hydrogen) atoms. The van der Waals surface area contributed by atoms with Gasteiger partial charge in [-0.1, -0.05) is 31.5 Å². The lowest BCUT2D eigenvalue weighted by atomic mass is 9.95. The highest BCUT2D eigenvalue weighted by Gasteiger charge is 2.22. The maximum absolute atomic E-state index is 14.1. The fraction of sp³-hybridized carbons (Fsp3) is 0.267. The average Bonchev–Trinajstić information content (AvgIpc) is 2.45. The van der Waals surface area contributed by atoms with Crippen LogP contribution < -0.4 is 10.9 Å². The zero-order valence-corrected chi connectivity index (χ0v) is 12.8. The van der Waals surface area contributed by atoms with Gasteiger partial charge in [0.25, 0.3) is 11.5 Å². The van der Waals surface area contributed by atoms with Crippen molar-refractivity contribution in [1.29, 1.82) is 0 Å². The number of aromatic amines is 1. The highest BCUT2D eigenvalue weighted by Crippen LogP contribution is 2.26. The highest BCUT2D eigenvalue weighted by atomic mass is 35.5.